The topological polar surface area (TPSA) is 66.8 Å². The van der Waals surface area contributed by atoms with Crippen LogP contribution in [-0.4, -0.2) is 28.7 Å². The molecule has 0 heterocycles. The maximum atomic E-state index is 11.4. The van der Waals surface area contributed by atoms with Crippen LogP contribution in [0.4, 0.5) is 0 Å². The molecule has 0 aliphatic carbocycles. The van der Waals surface area contributed by atoms with Crippen molar-refractivity contribution in [1.82, 2.24) is 0 Å². The number of hydrogen-bond acceptors (Lipinski definition) is 4. The quantitative estimate of drug-likeness (QED) is 0.624. The van der Waals surface area contributed by atoms with Gasteiger partial charge in [-0.2, -0.15) is 0 Å². The highest BCUT2D eigenvalue weighted by Crippen LogP contribution is 2.33. The van der Waals surface area contributed by atoms with Crippen LogP contribution in [0.2, 0.25) is 0 Å². The normalized spacial score (nSPS) is 14.1. The smallest absolute Gasteiger partial charge is 0.309 e. The molecule has 0 aromatic heterocycles. The molecule has 5 heteroatoms. The minimum Gasteiger partial charge on any atom is -0.508 e. The molecule has 0 amide bonds. The molecule has 0 spiro atoms. The van der Waals surface area contributed by atoms with Gasteiger partial charge in [0.1, 0.15) is 11.4 Å². The Morgan fingerprint density at radius 3 is 2.65 bits per heavy atom. The molecular weight excluding hydrogens is 244 g/mol. The van der Waals surface area contributed by atoms with Gasteiger partial charge in [0, 0.05) is 5.56 Å². The van der Waals surface area contributed by atoms with Gasteiger partial charge in [-0.25, -0.2) is 0 Å². The summed E-state index contributed by atoms with van der Waals surface area (Å²) in [6.07, 6.45) is -0.290. The number of para-hydroxylation sites is 1. The summed E-state index contributed by atoms with van der Waals surface area (Å²) in [7, 11) is 0. The van der Waals surface area contributed by atoms with E-state index < -0.39 is 11.6 Å². The first-order valence-corrected chi connectivity index (χ1v) is 5.79. The molecule has 1 unspecified atom stereocenters. The summed E-state index contributed by atoms with van der Waals surface area (Å²) in [5, 5.41) is 19.9. The maximum Gasteiger partial charge on any atom is 0.309 e. The van der Waals surface area contributed by atoms with Gasteiger partial charge in [-0.05, 0) is 13.0 Å². The zero-order valence-electron chi connectivity index (χ0n) is 9.52. The van der Waals surface area contributed by atoms with E-state index in [2.05, 4.69) is 0 Å². The second-order valence-corrected chi connectivity index (χ2v) is 3.93. The number of carbonyl (C=O) groups is 1. The third kappa shape index (κ3) is 3.35. The van der Waals surface area contributed by atoms with Crippen LogP contribution in [0.3, 0.4) is 0 Å². The molecule has 4 nitrogen and oxygen atoms in total. The molecule has 0 fully saturated rings. The van der Waals surface area contributed by atoms with E-state index in [0.29, 0.717) is 0 Å². The lowest BCUT2D eigenvalue weighted by molar-refractivity contribution is -0.148. The summed E-state index contributed by atoms with van der Waals surface area (Å²) < 4.78 is 4.76. The average Bonchev–Trinajstić information content (AvgIpc) is 2.29. The second-order valence-electron chi connectivity index (χ2n) is 3.66. The Labute approximate surface area is 105 Å². The van der Waals surface area contributed by atoms with Crippen molar-refractivity contribution >= 4 is 17.6 Å². The Hall–Kier alpha value is -1.26. The van der Waals surface area contributed by atoms with Crippen LogP contribution >= 0.6 is 11.6 Å². The van der Waals surface area contributed by atoms with E-state index in [0.717, 1.165) is 0 Å². The molecule has 94 valence electrons. The molecule has 0 aliphatic heterocycles. The Morgan fingerprint density at radius 1 is 1.47 bits per heavy atom. The molecule has 17 heavy (non-hydrogen) atoms. The fraction of sp³-hybridized carbons (Fsp3) is 0.417. The Morgan fingerprint density at radius 2 is 2.12 bits per heavy atom. The van der Waals surface area contributed by atoms with Crippen LogP contribution in [0, 0.1) is 0 Å². The number of rotatable bonds is 5. The maximum absolute atomic E-state index is 11.4. The van der Waals surface area contributed by atoms with E-state index in [-0.39, 0.29) is 30.2 Å². The highest BCUT2D eigenvalue weighted by Gasteiger charge is 2.34. The summed E-state index contributed by atoms with van der Waals surface area (Å²) >= 11 is 5.69. The number of hydrogen-bond donors (Lipinski definition) is 2. The summed E-state index contributed by atoms with van der Waals surface area (Å²) in [5.74, 6) is -0.859. The second kappa shape index (κ2) is 5.89. The van der Waals surface area contributed by atoms with Crippen molar-refractivity contribution in [3.8, 4) is 5.75 Å². The predicted octanol–water partition coefficient (Wildman–Crippen LogP) is 1.77. The van der Waals surface area contributed by atoms with Gasteiger partial charge in [-0.3, -0.25) is 4.79 Å². The van der Waals surface area contributed by atoms with Crippen molar-refractivity contribution in [2.45, 2.75) is 18.9 Å². The number of halogens is 1. The Kier molecular flexibility index (Phi) is 4.78. The number of alkyl halides is 1. The molecule has 0 aliphatic rings. The van der Waals surface area contributed by atoms with Crippen molar-refractivity contribution in [3.05, 3.63) is 29.8 Å². The van der Waals surface area contributed by atoms with Gasteiger partial charge in [0.25, 0.3) is 0 Å². The number of aliphatic hydroxyl groups is 1. The van der Waals surface area contributed by atoms with Crippen molar-refractivity contribution < 1.29 is 19.7 Å². The zero-order valence-corrected chi connectivity index (χ0v) is 10.3. The molecule has 1 rings (SSSR count). The van der Waals surface area contributed by atoms with Gasteiger partial charge in [-0.1, -0.05) is 18.2 Å². The van der Waals surface area contributed by atoms with Crippen LogP contribution in [0.25, 0.3) is 0 Å². The Balaban J connectivity index is 2.96. The number of carbonyl (C=O) groups excluding carboxylic acids is 1. The third-order valence-corrected chi connectivity index (χ3v) is 2.81. The molecule has 1 atom stereocenters. The third-order valence-electron chi connectivity index (χ3n) is 2.37. The van der Waals surface area contributed by atoms with Crippen LogP contribution in [-0.2, 0) is 15.1 Å². The van der Waals surface area contributed by atoms with E-state index in [1.165, 1.54) is 12.1 Å². The number of phenols is 1. The van der Waals surface area contributed by atoms with Gasteiger partial charge in [0.2, 0.25) is 0 Å². The standard InChI is InChI=1S/C12H15ClO4/c1-2-17-11(15)7-12(16,8-13)9-5-3-4-6-10(9)14/h3-6,14,16H,2,7-8H2,1H3. The van der Waals surface area contributed by atoms with Crippen molar-refractivity contribution in [2.24, 2.45) is 0 Å². The number of phenolic OH excluding ortho intramolecular Hbond substituents is 1. The largest absolute Gasteiger partial charge is 0.508 e. The number of ether oxygens (including phenoxy) is 1. The molecule has 0 bridgehead atoms. The molecule has 0 saturated heterocycles. The van der Waals surface area contributed by atoms with Crippen molar-refractivity contribution in [3.63, 3.8) is 0 Å². The van der Waals surface area contributed by atoms with Crippen LogP contribution in [0.5, 0.6) is 5.75 Å². The number of aromatic hydroxyl groups is 1. The predicted molar refractivity (Wildman–Crippen MR) is 64.0 cm³/mol. The summed E-state index contributed by atoms with van der Waals surface area (Å²) in [4.78, 5) is 11.4. The first-order valence-electron chi connectivity index (χ1n) is 5.26. The SMILES string of the molecule is CCOC(=O)CC(O)(CCl)c1ccccc1O. The van der Waals surface area contributed by atoms with Crippen LogP contribution < -0.4 is 0 Å². The van der Waals surface area contributed by atoms with E-state index >= 15 is 0 Å². The van der Waals surface area contributed by atoms with Crippen molar-refractivity contribution in [2.75, 3.05) is 12.5 Å². The lowest BCUT2D eigenvalue weighted by Crippen LogP contribution is -2.32. The van der Waals surface area contributed by atoms with E-state index in [4.69, 9.17) is 16.3 Å². The molecule has 2 N–H and O–H groups in total. The number of benzene rings is 1. The molecular formula is C12H15ClO4. The summed E-state index contributed by atoms with van der Waals surface area (Å²) in [6, 6.07) is 6.23. The summed E-state index contributed by atoms with van der Waals surface area (Å²) in [6.45, 7) is 1.91. The van der Waals surface area contributed by atoms with E-state index in [9.17, 15) is 15.0 Å². The first-order chi connectivity index (χ1) is 8.03. The van der Waals surface area contributed by atoms with Gasteiger partial charge >= 0.3 is 5.97 Å². The highest BCUT2D eigenvalue weighted by atomic mass is 35.5. The molecule has 0 saturated carbocycles. The van der Waals surface area contributed by atoms with Crippen LogP contribution in [0.1, 0.15) is 18.9 Å². The van der Waals surface area contributed by atoms with E-state index in [1.54, 1.807) is 19.1 Å². The fourth-order valence-corrected chi connectivity index (χ4v) is 1.77. The lowest BCUT2D eigenvalue weighted by atomic mass is 9.91. The van der Waals surface area contributed by atoms with E-state index in [1.807, 2.05) is 0 Å². The Bertz CT molecular complexity index is 394. The lowest BCUT2D eigenvalue weighted by Gasteiger charge is -2.25. The average molecular weight is 259 g/mol. The minimum atomic E-state index is -1.61. The monoisotopic (exact) mass is 258 g/mol. The minimum absolute atomic E-state index is 0.0973. The summed E-state index contributed by atoms with van der Waals surface area (Å²) in [5.41, 5.74) is -1.39. The van der Waals surface area contributed by atoms with Crippen molar-refractivity contribution in [1.29, 1.82) is 0 Å². The van der Waals surface area contributed by atoms with Gasteiger partial charge in [-0.15, -0.1) is 11.6 Å². The van der Waals surface area contributed by atoms with Crippen LogP contribution in [0.15, 0.2) is 24.3 Å². The first kappa shape index (κ1) is 13.8. The molecule has 1 aromatic rings. The fourth-order valence-electron chi connectivity index (χ4n) is 1.53. The molecule has 1 aromatic carbocycles. The van der Waals surface area contributed by atoms with Gasteiger partial charge < -0.3 is 14.9 Å². The highest BCUT2D eigenvalue weighted by molar-refractivity contribution is 6.18. The molecule has 0 radical (unpaired) electrons. The van der Waals surface area contributed by atoms with Gasteiger partial charge in [0.05, 0.1) is 18.9 Å². The van der Waals surface area contributed by atoms with Gasteiger partial charge in [0.15, 0.2) is 0 Å². The number of esters is 1. The zero-order chi connectivity index (χ0) is 12.9.